The predicted molar refractivity (Wildman–Crippen MR) is 143 cm³/mol. The highest BCUT2D eigenvalue weighted by Crippen LogP contribution is 2.37. The van der Waals surface area contributed by atoms with Gasteiger partial charge in [0.25, 0.3) is 5.56 Å². The van der Waals surface area contributed by atoms with Crippen LogP contribution in [0, 0.1) is 0 Å². The number of nitrogens with zero attached hydrogens (tertiary/aromatic N) is 2. The predicted octanol–water partition coefficient (Wildman–Crippen LogP) is 3.77. The normalized spacial score (nSPS) is 16.8. The lowest BCUT2D eigenvalue weighted by molar-refractivity contribution is -0.138. The first-order valence-electron chi connectivity index (χ1n) is 11.9. The Kier molecular flexibility index (Phi) is 6.23. The van der Waals surface area contributed by atoms with E-state index in [1.54, 1.807) is 11.5 Å². The van der Waals surface area contributed by atoms with Gasteiger partial charge in [-0.1, -0.05) is 53.8 Å². The van der Waals surface area contributed by atoms with Gasteiger partial charge in [0.15, 0.2) is 16.3 Å². The van der Waals surface area contributed by atoms with Crippen molar-refractivity contribution in [2.45, 2.75) is 13.0 Å². The van der Waals surface area contributed by atoms with Gasteiger partial charge >= 0.3 is 5.97 Å². The Morgan fingerprint density at radius 3 is 2.68 bits per heavy atom. The first-order chi connectivity index (χ1) is 18.1. The van der Waals surface area contributed by atoms with Gasteiger partial charge < -0.3 is 14.2 Å². The molecule has 0 radical (unpaired) electrons. The molecule has 6 rings (SSSR count). The molecule has 2 aromatic heterocycles. The van der Waals surface area contributed by atoms with Gasteiger partial charge in [-0.15, -0.1) is 11.3 Å². The number of thiazole rings is 1. The van der Waals surface area contributed by atoms with E-state index in [1.807, 2.05) is 72.1 Å². The first-order valence-corrected chi connectivity index (χ1v) is 13.5. The summed E-state index contributed by atoms with van der Waals surface area (Å²) >= 11 is 2.78. The number of carbonyl (C=O) groups is 1. The SMILES string of the molecule is CCOC(=O)C1=C(c2ccccc2)N=c2sc(=Cc3ccc4c(c3)OCCO4)c(=O)n2C1c1cccs1. The number of thiophene rings is 1. The van der Waals surface area contributed by atoms with Crippen LogP contribution >= 0.6 is 22.7 Å². The summed E-state index contributed by atoms with van der Waals surface area (Å²) in [6, 6.07) is 18.3. The average molecular weight is 531 g/mol. The van der Waals surface area contributed by atoms with Gasteiger partial charge in [0.1, 0.15) is 19.3 Å². The van der Waals surface area contributed by atoms with Gasteiger partial charge in [-0.3, -0.25) is 9.36 Å². The van der Waals surface area contributed by atoms with E-state index < -0.39 is 12.0 Å². The second kappa shape index (κ2) is 9.84. The van der Waals surface area contributed by atoms with Crippen molar-refractivity contribution in [1.29, 1.82) is 0 Å². The summed E-state index contributed by atoms with van der Waals surface area (Å²) in [5.74, 6) is 0.860. The van der Waals surface area contributed by atoms with Crippen molar-refractivity contribution in [2.75, 3.05) is 19.8 Å². The van der Waals surface area contributed by atoms with E-state index in [0.29, 0.717) is 45.3 Å². The molecular formula is C28H22N2O5S2. The Labute approximate surface area is 220 Å². The third kappa shape index (κ3) is 4.30. The van der Waals surface area contributed by atoms with E-state index in [0.717, 1.165) is 16.0 Å². The molecule has 2 aromatic carbocycles. The number of benzene rings is 2. The van der Waals surface area contributed by atoms with Crippen LogP contribution in [0.1, 0.15) is 29.0 Å². The number of hydrogen-bond acceptors (Lipinski definition) is 8. The minimum atomic E-state index is -0.645. The fourth-order valence-electron chi connectivity index (χ4n) is 4.46. The summed E-state index contributed by atoms with van der Waals surface area (Å²) < 4.78 is 18.9. The Morgan fingerprint density at radius 1 is 1.11 bits per heavy atom. The summed E-state index contributed by atoms with van der Waals surface area (Å²) in [6.45, 7) is 2.98. The van der Waals surface area contributed by atoms with E-state index in [4.69, 9.17) is 19.2 Å². The fourth-order valence-corrected chi connectivity index (χ4v) is 6.28. The average Bonchev–Trinajstić information content (AvgIpc) is 3.57. The minimum Gasteiger partial charge on any atom is -0.486 e. The van der Waals surface area contributed by atoms with Gasteiger partial charge in [-0.05, 0) is 42.1 Å². The van der Waals surface area contributed by atoms with Crippen LogP contribution in [-0.2, 0) is 9.53 Å². The van der Waals surface area contributed by atoms with Crippen molar-refractivity contribution in [2.24, 2.45) is 4.99 Å². The van der Waals surface area contributed by atoms with E-state index in [1.165, 1.54) is 22.7 Å². The van der Waals surface area contributed by atoms with Crippen molar-refractivity contribution < 1.29 is 19.0 Å². The third-order valence-electron chi connectivity index (χ3n) is 6.05. The molecule has 2 aliphatic rings. The third-order valence-corrected chi connectivity index (χ3v) is 7.96. The Balaban J connectivity index is 1.58. The van der Waals surface area contributed by atoms with Gasteiger partial charge in [0.2, 0.25) is 0 Å². The monoisotopic (exact) mass is 530 g/mol. The molecule has 186 valence electrons. The molecule has 1 unspecified atom stereocenters. The first kappa shape index (κ1) is 23.4. The highest BCUT2D eigenvalue weighted by atomic mass is 32.1. The maximum Gasteiger partial charge on any atom is 0.338 e. The zero-order valence-corrected chi connectivity index (χ0v) is 21.5. The summed E-state index contributed by atoms with van der Waals surface area (Å²) in [4.78, 5) is 33.4. The quantitative estimate of drug-likeness (QED) is 0.367. The summed E-state index contributed by atoms with van der Waals surface area (Å²) in [5, 5.41) is 1.94. The molecule has 0 N–H and O–H groups in total. The summed E-state index contributed by atoms with van der Waals surface area (Å²) in [5.41, 5.74) is 2.26. The molecule has 0 saturated carbocycles. The van der Waals surface area contributed by atoms with Crippen LogP contribution in [0.25, 0.3) is 11.8 Å². The minimum absolute atomic E-state index is 0.217. The molecule has 2 aliphatic heterocycles. The van der Waals surface area contributed by atoms with Crippen LogP contribution in [0.15, 0.2) is 81.4 Å². The Bertz CT molecular complexity index is 1680. The molecular weight excluding hydrogens is 508 g/mol. The number of rotatable bonds is 5. The Hall–Kier alpha value is -3.95. The van der Waals surface area contributed by atoms with Crippen molar-refractivity contribution in [3.63, 3.8) is 0 Å². The molecule has 7 nitrogen and oxygen atoms in total. The maximum absolute atomic E-state index is 13.8. The van der Waals surface area contributed by atoms with Gasteiger partial charge in [-0.25, -0.2) is 9.79 Å². The number of hydrogen-bond donors (Lipinski definition) is 0. The lowest BCUT2D eigenvalue weighted by Crippen LogP contribution is -2.39. The fraction of sp³-hybridized carbons (Fsp3) is 0.179. The summed E-state index contributed by atoms with van der Waals surface area (Å²) in [6.07, 6.45) is 1.82. The van der Waals surface area contributed by atoms with Crippen LogP contribution in [0.4, 0.5) is 0 Å². The van der Waals surface area contributed by atoms with Gasteiger partial charge in [0.05, 0.1) is 22.4 Å². The van der Waals surface area contributed by atoms with Crippen molar-refractivity contribution in [3.05, 3.63) is 107 Å². The van der Waals surface area contributed by atoms with Crippen molar-refractivity contribution in [1.82, 2.24) is 4.57 Å². The topological polar surface area (TPSA) is 79.1 Å². The molecule has 0 spiro atoms. The standard InChI is InChI=1S/C28H22N2O5S2/c1-2-33-27(32)23-24(18-7-4-3-5-8-18)29-28-30(25(23)21-9-6-14-36-21)26(31)22(37-28)16-17-10-11-19-20(15-17)35-13-12-34-19/h3-11,14-16,25H,2,12-13H2,1H3. The van der Waals surface area contributed by atoms with Gasteiger partial charge in [0, 0.05) is 10.4 Å². The highest BCUT2D eigenvalue weighted by molar-refractivity contribution is 7.10. The Morgan fingerprint density at radius 2 is 1.92 bits per heavy atom. The van der Waals surface area contributed by atoms with Crippen LogP contribution in [0.3, 0.4) is 0 Å². The molecule has 0 amide bonds. The van der Waals surface area contributed by atoms with E-state index in [9.17, 15) is 9.59 Å². The van der Waals surface area contributed by atoms with E-state index >= 15 is 0 Å². The zero-order chi connectivity index (χ0) is 25.4. The van der Waals surface area contributed by atoms with Gasteiger partial charge in [-0.2, -0.15) is 0 Å². The molecule has 9 heteroatoms. The largest absolute Gasteiger partial charge is 0.486 e. The second-order valence-electron chi connectivity index (χ2n) is 8.35. The summed E-state index contributed by atoms with van der Waals surface area (Å²) in [7, 11) is 0. The smallest absolute Gasteiger partial charge is 0.338 e. The number of fused-ring (bicyclic) bond motifs is 2. The van der Waals surface area contributed by atoms with Crippen LogP contribution in [0.2, 0.25) is 0 Å². The lowest BCUT2D eigenvalue weighted by atomic mass is 9.97. The molecule has 37 heavy (non-hydrogen) atoms. The molecule has 0 saturated heterocycles. The van der Waals surface area contributed by atoms with E-state index in [2.05, 4.69) is 0 Å². The van der Waals surface area contributed by atoms with Crippen LogP contribution in [0.5, 0.6) is 11.5 Å². The second-order valence-corrected chi connectivity index (χ2v) is 10.3. The number of esters is 1. The highest BCUT2D eigenvalue weighted by Gasteiger charge is 2.35. The molecule has 0 bridgehead atoms. The number of ether oxygens (including phenoxy) is 3. The molecule has 4 heterocycles. The van der Waals surface area contributed by atoms with Crippen LogP contribution in [-0.4, -0.2) is 30.4 Å². The number of carbonyl (C=O) groups excluding carboxylic acids is 1. The molecule has 1 atom stereocenters. The molecule has 4 aromatic rings. The maximum atomic E-state index is 13.8. The van der Waals surface area contributed by atoms with Crippen molar-refractivity contribution in [3.8, 4) is 11.5 Å². The molecule has 0 aliphatic carbocycles. The van der Waals surface area contributed by atoms with Crippen molar-refractivity contribution >= 4 is 40.4 Å². The number of aromatic nitrogens is 1. The lowest BCUT2D eigenvalue weighted by Gasteiger charge is -2.24. The van der Waals surface area contributed by atoms with Crippen LogP contribution < -0.4 is 24.4 Å². The molecule has 0 fully saturated rings. The zero-order valence-electron chi connectivity index (χ0n) is 19.9. The van der Waals surface area contributed by atoms with E-state index in [-0.39, 0.29) is 12.2 Å².